The fourth-order valence-corrected chi connectivity index (χ4v) is 2.47. The first kappa shape index (κ1) is 16.6. The molecule has 1 aromatic rings. The molecule has 0 radical (unpaired) electrons. The number of benzene rings is 1. The smallest absolute Gasteiger partial charge is 0.317 e. The number of ether oxygens (including phenoxy) is 1. The molecule has 0 bridgehead atoms. The number of methoxy groups -OCH3 is 1. The number of carbonyl (C=O) groups is 1. The predicted octanol–water partition coefficient (Wildman–Crippen LogP) is 2.04. The third-order valence-corrected chi connectivity index (χ3v) is 4.34. The lowest BCUT2D eigenvalue weighted by Gasteiger charge is -2.27. The van der Waals surface area contributed by atoms with Crippen LogP contribution in [0.2, 0.25) is 0 Å². The van der Waals surface area contributed by atoms with Crippen LogP contribution >= 0.6 is 0 Å². The number of nitrogens with zero attached hydrogens (tertiary/aromatic N) is 1. The topological polar surface area (TPSA) is 61.8 Å². The van der Waals surface area contributed by atoms with Crippen LogP contribution in [0.5, 0.6) is 5.75 Å². The summed E-state index contributed by atoms with van der Waals surface area (Å²) in [7, 11) is 3.37. The second-order valence-corrected chi connectivity index (χ2v) is 6.09. The summed E-state index contributed by atoms with van der Waals surface area (Å²) >= 11 is 0. The molecular formula is C17H26N2O3. The molecule has 2 unspecified atom stereocenters. The van der Waals surface area contributed by atoms with Crippen molar-refractivity contribution in [3.8, 4) is 5.75 Å². The molecule has 1 aliphatic rings. The number of hydrogen-bond donors (Lipinski definition) is 2. The lowest BCUT2D eigenvalue weighted by Crippen LogP contribution is -2.48. The van der Waals surface area contributed by atoms with Crippen molar-refractivity contribution in [2.24, 2.45) is 5.92 Å². The summed E-state index contributed by atoms with van der Waals surface area (Å²) in [6.45, 7) is 1.79. The third-order valence-electron chi connectivity index (χ3n) is 4.34. The van der Waals surface area contributed by atoms with Crippen molar-refractivity contribution in [2.45, 2.75) is 38.3 Å². The SMILES string of the molecule is COc1cccc(CC(NC(=O)N(C)C(C)CO)C2CC2)c1. The lowest BCUT2D eigenvalue weighted by atomic mass is 10.0. The Morgan fingerprint density at radius 2 is 2.23 bits per heavy atom. The van der Waals surface area contributed by atoms with Crippen molar-refractivity contribution in [1.82, 2.24) is 10.2 Å². The van der Waals surface area contributed by atoms with Gasteiger partial charge in [-0.2, -0.15) is 0 Å². The van der Waals surface area contributed by atoms with Crippen molar-refractivity contribution in [1.29, 1.82) is 0 Å². The van der Waals surface area contributed by atoms with Crippen molar-refractivity contribution in [2.75, 3.05) is 20.8 Å². The van der Waals surface area contributed by atoms with E-state index in [9.17, 15) is 4.79 Å². The Hall–Kier alpha value is -1.75. The van der Waals surface area contributed by atoms with E-state index in [1.165, 1.54) is 0 Å². The zero-order valence-electron chi connectivity index (χ0n) is 13.6. The first-order valence-electron chi connectivity index (χ1n) is 7.82. The van der Waals surface area contributed by atoms with Gasteiger partial charge in [0.15, 0.2) is 0 Å². The van der Waals surface area contributed by atoms with E-state index < -0.39 is 0 Å². The van der Waals surface area contributed by atoms with E-state index in [4.69, 9.17) is 9.84 Å². The van der Waals surface area contributed by atoms with Crippen LogP contribution in [0.1, 0.15) is 25.3 Å². The Morgan fingerprint density at radius 3 is 2.82 bits per heavy atom. The highest BCUT2D eigenvalue weighted by Crippen LogP contribution is 2.34. The zero-order valence-corrected chi connectivity index (χ0v) is 13.6. The van der Waals surface area contributed by atoms with Gasteiger partial charge in [0.25, 0.3) is 0 Å². The van der Waals surface area contributed by atoms with E-state index in [1.54, 1.807) is 19.1 Å². The maximum absolute atomic E-state index is 12.3. The van der Waals surface area contributed by atoms with Crippen LogP contribution in [0, 0.1) is 5.92 Å². The second-order valence-electron chi connectivity index (χ2n) is 6.09. The Balaban J connectivity index is 1.99. The van der Waals surface area contributed by atoms with Crippen molar-refractivity contribution < 1.29 is 14.6 Å². The molecule has 2 amide bonds. The summed E-state index contributed by atoms with van der Waals surface area (Å²) in [6, 6.07) is 7.79. The molecule has 1 fully saturated rings. The minimum Gasteiger partial charge on any atom is -0.497 e. The van der Waals surface area contributed by atoms with Crippen LogP contribution in [-0.4, -0.2) is 48.9 Å². The fraction of sp³-hybridized carbons (Fsp3) is 0.588. The maximum Gasteiger partial charge on any atom is 0.317 e. The number of aliphatic hydroxyl groups excluding tert-OH is 1. The number of hydrogen-bond acceptors (Lipinski definition) is 3. The molecule has 122 valence electrons. The monoisotopic (exact) mass is 306 g/mol. The number of rotatable bonds is 7. The normalized spacial score (nSPS) is 16.7. The van der Waals surface area contributed by atoms with Gasteiger partial charge >= 0.3 is 6.03 Å². The zero-order chi connectivity index (χ0) is 16.1. The van der Waals surface area contributed by atoms with Gasteiger partial charge in [-0.3, -0.25) is 0 Å². The van der Waals surface area contributed by atoms with E-state index >= 15 is 0 Å². The fourth-order valence-electron chi connectivity index (χ4n) is 2.47. The van der Waals surface area contributed by atoms with Crippen molar-refractivity contribution in [3.05, 3.63) is 29.8 Å². The molecule has 2 atom stereocenters. The molecule has 5 nitrogen and oxygen atoms in total. The van der Waals surface area contributed by atoms with Crippen LogP contribution in [0.3, 0.4) is 0 Å². The predicted molar refractivity (Wildman–Crippen MR) is 86.1 cm³/mol. The molecule has 0 saturated heterocycles. The Labute approximate surface area is 132 Å². The van der Waals surface area contributed by atoms with Gasteiger partial charge in [0.05, 0.1) is 19.8 Å². The lowest BCUT2D eigenvalue weighted by molar-refractivity contribution is 0.154. The Bertz CT molecular complexity index is 502. The van der Waals surface area contributed by atoms with Gasteiger partial charge in [-0.05, 0) is 49.8 Å². The first-order valence-corrected chi connectivity index (χ1v) is 7.82. The van der Waals surface area contributed by atoms with Gasteiger partial charge in [-0.15, -0.1) is 0 Å². The Morgan fingerprint density at radius 1 is 1.50 bits per heavy atom. The summed E-state index contributed by atoms with van der Waals surface area (Å²) in [4.78, 5) is 13.8. The largest absolute Gasteiger partial charge is 0.497 e. The molecule has 2 N–H and O–H groups in total. The van der Waals surface area contributed by atoms with Crippen LogP contribution in [0.4, 0.5) is 4.79 Å². The van der Waals surface area contributed by atoms with E-state index in [2.05, 4.69) is 11.4 Å². The highest BCUT2D eigenvalue weighted by Gasteiger charge is 2.33. The number of amides is 2. The average Bonchev–Trinajstić information content (AvgIpc) is 3.37. The van der Waals surface area contributed by atoms with Gasteiger partial charge in [-0.1, -0.05) is 12.1 Å². The third kappa shape index (κ3) is 4.37. The molecule has 0 heterocycles. The number of urea groups is 1. The van der Waals surface area contributed by atoms with E-state index in [0.29, 0.717) is 5.92 Å². The summed E-state index contributed by atoms with van der Waals surface area (Å²) in [5.41, 5.74) is 1.16. The molecule has 22 heavy (non-hydrogen) atoms. The van der Waals surface area contributed by atoms with Gasteiger partial charge in [0, 0.05) is 13.1 Å². The van der Waals surface area contributed by atoms with E-state index in [0.717, 1.165) is 30.6 Å². The molecule has 0 aromatic heterocycles. The number of likely N-dealkylation sites (N-methyl/N-ethyl adjacent to an activating group) is 1. The quantitative estimate of drug-likeness (QED) is 0.810. The molecule has 0 spiro atoms. The summed E-state index contributed by atoms with van der Waals surface area (Å²) in [5, 5.41) is 12.3. The molecule has 1 aliphatic carbocycles. The van der Waals surface area contributed by atoms with Crippen molar-refractivity contribution in [3.63, 3.8) is 0 Å². The van der Waals surface area contributed by atoms with Crippen molar-refractivity contribution >= 4 is 6.03 Å². The molecule has 5 heteroatoms. The number of carbonyl (C=O) groups excluding carboxylic acids is 1. The first-order chi connectivity index (χ1) is 10.5. The van der Waals surface area contributed by atoms with E-state index in [1.807, 2.05) is 25.1 Å². The number of aliphatic hydroxyl groups is 1. The molecular weight excluding hydrogens is 280 g/mol. The standard InChI is InChI=1S/C17H26N2O3/c1-12(11-20)19(2)17(21)18-16(14-7-8-14)10-13-5-4-6-15(9-13)22-3/h4-6,9,12,14,16,20H,7-8,10-11H2,1-3H3,(H,18,21). The summed E-state index contributed by atoms with van der Waals surface area (Å²) < 4.78 is 5.25. The second kappa shape index (κ2) is 7.49. The highest BCUT2D eigenvalue weighted by molar-refractivity contribution is 5.74. The van der Waals surface area contributed by atoms with Crippen LogP contribution in [-0.2, 0) is 6.42 Å². The maximum atomic E-state index is 12.3. The van der Waals surface area contributed by atoms with Crippen LogP contribution in [0.25, 0.3) is 0 Å². The van der Waals surface area contributed by atoms with E-state index in [-0.39, 0.29) is 24.7 Å². The molecule has 1 aromatic carbocycles. The summed E-state index contributed by atoms with van der Waals surface area (Å²) in [5.74, 6) is 1.39. The molecule has 0 aliphatic heterocycles. The molecule has 1 saturated carbocycles. The average molecular weight is 306 g/mol. The minimum absolute atomic E-state index is 0.0338. The number of nitrogens with one attached hydrogen (secondary N) is 1. The Kier molecular flexibility index (Phi) is 5.66. The van der Waals surface area contributed by atoms with Crippen LogP contribution < -0.4 is 10.1 Å². The van der Waals surface area contributed by atoms with Gasteiger partial charge in [-0.25, -0.2) is 4.79 Å². The van der Waals surface area contributed by atoms with Gasteiger partial charge < -0.3 is 20.1 Å². The van der Waals surface area contributed by atoms with Gasteiger partial charge in [0.2, 0.25) is 0 Å². The molecule has 2 rings (SSSR count). The minimum atomic E-state index is -0.184. The van der Waals surface area contributed by atoms with Gasteiger partial charge in [0.1, 0.15) is 5.75 Å². The summed E-state index contributed by atoms with van der Waals surface area (Å²) in [6.07, 6.45) is 3.12. The van der Waals surface area contributed by atoms with Crippen LogP contribution in [0.15, 0.2) is 24.3 Å². The highest BCUT2D eigenvalue weighted by atomic mass is 16.5.